The van der Waals surface area contributed by atoms with Crippen molar-refractivity contribution in [3.63, 3.8) is 0 Å². The third-order valence-corrected chi connectivity index (χ3v) is 4.60. The van der Waals surface area contributed by atoms with Crippen LogP contribution in [0.4, 0.5) is 0 Å². The van der Waals surface area contributed by atoms with Gasteiger partial charge in [-0.3, -0.25) is 4.79 Å². The molecular formula is C17H20N2OS. The second kappa shape index (κ2) is 6.39. The number of benzene rings is 1. The number of aromatic nitrogens is 1. The van der Waals surface area contributed by atoms with Crippen molar-refractivity contribution in [2.45, 2.75) is 45.2 Å². The standard InChI is InChI=1S/C17H20N2OS/c1-13-18-15(12-21-13)11-19(16-8-9-16)17(20)10-7-14-5-3-2-4-6-14/h2-6,12,16H,7-11H2,1H3. The van der Waals surface area contributed by atoms with E-state index in [1.54, 1.807) is 11.3 Å². The van der Waals surface area contributed by atoms with E-state index in [1.165, 1.54) is 5.56 Å². The Morgan fingerprint density at radius 2 is 2.10 bits per heavy atom. The number of carbonyl (C=O) groups excluding carboxylic acids is 1. The van der Waals surface area contributed by atoms with E-state index in [1.807, 2.05) is 30.0 Å². The number of carbonyl (C=O) groups is 1. The van der Waals surface area contributed by atoms with E-state index in [2.05, 4.69) is 22.5 Å². The maximum absolute atomic E-state index is 12.5. The van der Waals surface area contributed by atoms with Crippen molar-refractivity contribution < 1.29 is 4.79 Å². The Morgan fingerprint density at radius 3 is 2.71 bits per heavy atom. The number of rotatable bonds is 6. The highest BCUT2D eigenvalue weighted by Crippen LogP contribution is 2.29. The number of thiazole rings is 1. The summed E-state index contributed by atoms with van der Waals surface area (Å²) in [4.78, 5) is 19.0. The van der Waals surface area contributed by atoms with Gasteiger partial charge in [0.15, 0.2) is 0 Å². The Labute approximate surface area is 129 Å². The molecule has 1 aliphatic carbocycles. The van der Waals surface area contributed by atoms with Gasteiger partial charge in [-0.05, 0) is 31.7 Å². The Kier molecular flexibility index (Phi) is 4.34. The monoisotopic (exact) mass is 300 g/mol. The summed E-state index contributed by atoms with van der Waals surface area (Å²) < 4.78 is 0. The van der Waals surface area contributed by atoms with E-state index in [9.17, 15) is 4.79 Å². The van der Waals surface area contributed by atoms with E-state index in [0.29, 0.717) is 19.0 Å². The van der Waals surface area contributed by atoms with Gasteiger partial charge in [-0.15, -0.1) is 11.3 Å². The highest BCUT2D eigenvalue weighted by atomic mass is 32.1. The number of amides is 1. The zero-order valence-corrected chi connectivity index (χ0v) is 13.1. The summed E-state index contributed by atoms with van der Waals surface area (Å²) in [5.74, 6) is 0.256. The fourth-order valence-corrected chi connectivity index (χ4v) is 3.11. The van der Waals surface area contributed by atoms with Crippen LogP contribution in [0.25, 0.3) is 0 Å². The van der Waals surface area contributed by atoms with Crippen LogP contribution in [-0.2, 0) is 17.8 Å². The van der Waals surface area contributed by atoms with Crippen LogP contribution in [0.1, 0.15) is 35.5 Å². The molecule has 0 spiro atoms. The minimum atomic E-state index is 0.256. The second-order valence-electron chi connectivity index (χ2n) is 5.60. The predicted octanol–water partition coefficient (Wildman–Crippen LogP) is 3.58. The minimum absolute atomic E-state index is 0.256. The Bertz CT molecular complexity index is 604. The molecule has 110 valence electrons. The average molecular weight is 300 g/mol. The SMILES string of the molecule is Cc1nc(CN(C(=O)CCc2ccccc2)C2CC2)cs1. The van der Waals surface area contributed by atoms with E-state index < -0.39 is 0 Å². The maximum Gasteiger partial charge on any atom is 0.223 e. The van der Waals surface area contributed by atoms with Crippen molar-refractivity contribution in [1.82, 2.24) is 9.88 Å². The minimum Gasteiger partial charge on any atom is -0.334 e. The Morgan fingerprint density at radius 1 is 1.33 bits per heavy atom. The Hall–Kier alpha value is -1.68. The summed E-state index contributed by atoms with van der Waals surface area (Å²) in [6.07, 6.45) is 3.68. The van der Waals surface area contributed by atoms with Gasteiger partial charge in [0.05, 0.1) is 17.2 Å². The van der Waals surface area contributed by atoms with Crippen LogP contribution in [0.5, 0.6) is 0 Å². The fourth-order valence-electron chi connectivity index (χ4n) is 2.50. The molecule has 3 rings (SSSR count). The molecule has 0 bridgehead atoms. The molecule has 0 atom stereocenters. The van der Waals surface area contributed by atoms with Crippen LogP contribution in [0.3, 0.4) is 0 Å². The molecule has 0 N–H and O–H groups in total. The van der Waals surface area contributed by atoms with Gasteiger partial charge in [0.25, 0.3) is 0 Å². The lowest BCUT2D eigenvalue weighted by Crippen LogP contribution is -2.32. The van der Waals surface area contributed by atoms with Crippen LogP contribution in [0.2, 0.25) is 0 Å². The zero-order chi connectivity index (χ0) is 14.7. The topological polar surface area (TPSA) is 33.2 Å². The van der Waals surface area contributed by atoms with Crippen molar-refractivity contribution in [3.05, 3.63) is 52.0 Å². The van der Waals surface area contributed by atoms with E-state index >= 15 is 0 Å². The molecule has 1 aromatic carbocycles. The molecule has 0 radical (unpaired) electrons. The van der Waals surface area contributed by atoms with E-state index in [0.717, 1.165) is 30.0 Å². The van der Waals surface area contributed by atoms with Gasteiger partial charge in [0.2, 0.25) is 5.91 Å². The zero-order valence-electron chi connectivity index (χ0n) is 12.3. The normalized spacial score (nSPS) is 14.1. The summed E-state index contributed by atoms with van der Waals surface area (Å²) in [6, 6.07) is 10.7. The van der Waals surface area contributed by atoms with Crippen LogP contribution in [-0.4, -0.2) is 21.8 Å². The molecule has 0 aliphatic heterocycles. The number of hydrogen-bond donors (Lipinski definition) is 0. The van der Waals surface area contributed by atoms with Crippen LogP contribution in [0, 0.1) is 6.92 Å². The summed E-state index contributed by atoms with van der Waals surface area (Å²) in [6.45, 7) is 2.68. The summed E-state index contributed by atoms with van der Waals surface area (Å²) in [7, 11) is 0. The molecule has 2 aromatic rings. The molecule has 1 aromatic heterocycles. The van der Waals surface area contributed by atoms with Crippen molar-refractivity contribution in [1.29, 1.82) is 0 Å². The number of hydrogen-bond acceptors (Lipinski definition) is 3. The van der Waals surface area contributed by atoms with Crippen molar-refractivity contribution in [2.75, 3.05) is 0 Å². The lowest BCUT2D eigenvalue weighted by molar-refractivity contribution is -0.132. The van der Waals surface area contributed by atoms with Crippen molar-refractivity contribution in [2.24, 2.45) is 0 Å². The first-order chi connectivity index (χ1) is 10.2. The number of aryl methyl sites for hydroxylation is 2. The molecule has 0 saturated heterocycles. The summed E-state index contributed by atoms with van der Waals surface area (Å²) in [5, 5.41) is 3.13. The molecule has 0 unspecified atom stereocenters. The fraction of sp³-hybridized carbons (Fsp3) is 0.412. The molecule has 1 fully saturated rings. The van der Waals surface area contributed by atoms with Crippen LogP contribution >= 0.6 is 11.3 Å². The molecule has 1 heterocycles. The summed E-state index contributed by atoms with van der Waals surface area (Å²) in [5.41, 5.74) is 2.25. The molecule has 3 nitrogen and oxygen atoms in total. The first kappa shape index (κ1) is 14.3. The third kappa shape index (κ3) is 3.91. The van der Waals surface area contributed by atoms with Crippen LogP contribution in [0.15, 0.2) is 35.7 Å². The highest BCUT2D eigenvalue weighted by Gasteiger charge is 2.32. The lowest BCUT2D eigenvalue weighted by atomic mass is 10.1. The lowest BCUT2D eigenvalue weighted by Gasteiger charge is -2.21. The van der Waals surface area contributed by atoms with Gasteiger partial charge < -0.3 is 4.90 Å². The first-order valence-electron chi connectivity index (χ1n) is 7.47. The van der Waals surface area contributed by atoms with Gasteiger partial charge in [0, 0.05) is 17.8 Å². The molecule has 21 heavy (non-hydrogen) atoms. The first-order valence-corrected chi connectivity index (χ1v) is 8.35. The largest absolute Gasteiger partial charge is 0.334 e. The van der Waals surface area contributed by atoms with Crippen molar-refractivity contribution >= 4 is 17.2 Å². The molecule has 1 aliphatic rings. The van der Waals surface area contributed by atoms with E-state index in [4.69, 9.17) is 0 Å². The molecule has 1 saturated carbocycles. The smallest absolute Gasteiger partial charge is 0.223 e. The van der Waals surface area contributed by atoms with Gasteiger partial charge in [-0.25, -0.2) is 4.98 Å². The van der Waals surface area contributed by atoms with Crippen LogP contribution < -0.4 is 0 Å². The molecule has 1 amide bonds. The molecular weight excluding hydrogens is 280 g/mol. The van der Waals surface area contributed by atoms with E-state index in [-0.39, 0.29) is 5.91 Å². The predicted molar refractivity (Wildman–Crippen MR) is 85.2 cm³/mol. The number of nitrogens with zero attached hydrogens (tertiary/aromatic N) is 2. The highest BCUT2D eigenvalue weighted by molar-refractivity contribution is 7.09. The molecule has 4 heteroatoms. The van der Waals surface area contributed by atoms with Gasteiger partial charge in [0.1, 0.15) is 0 Å². The van der Waals surface area contributed by atoms with Gasteiger partial charge in [-0.1, -0.05) is 30.3 Å². The maximum atomic E-state index is 12.5. The second-order valence-corrected chi connectivity index (χ2v) is 6.66. The third-order valence-electron chi connectivity index (χ3n) is 3.78. The summed E-state index contributed by atoms with van der Waals surface area (Å²) >= 11 is 1.65. The van der Waals surface area contributed by atoms with Gasteiger partial charge in [-0.2, -0.15) is 0 Å². The quantitative estimate of drug-likeness (QED) is 0.817. The Balaban J connectivity index is 1.59. The average Bonchev–Trinajstić information content (AvgIpc) is 3.26. The van der Waals surface area contributed by atoms with Crippen molar-refractivity contribution in [3.8, 4) is 0 Å². The van der Waals surface area contributed by atoms with Gasteiger partial charge >= 0.3 is 0 Å².